The maximum absolute atomic E-state index is 12.4. The van der Waals surface area contributed by atoms with E-state index in [4.69, 9.17) is 0 Å². The molecule has 1 aliphatic rings. The number of pyridine rings is 1. The highest BCUT2D eigenvalue weighted by atomic mass is 16.1. The van der Waals surface area contributed by atoms with Crippen LogP contribution in [0.1, 0.15) is 5.56 Å². The number of hydrogen-bond donors (Lipinski definition) is 2. The molecule has 7 heteroatoms. The van der Waals surface area contributed by atoms with Crippen LogP contribution < -0.4 is 15.2 Å². The van der Waals surface area contributed by atoms with Crippen LogP contribution in [-0.4, -0.2) is 11.7 Å². The molecule has 1 aromatic heterocycles. The van der Waals surface area contributed by atoms with Gasteiger partial charge in [0.15, 0.2) is 17.0 Å². The minimum absolute atomic E-state index is 0.0917. The van der Waals surface area contributed by atoms with E-state index in [1.165, 1.54) is 6.08 Å². The third-order valence-electron chi connectivity index (χ3n) is 4.63. The van der Waals surface area contributed by atoms with Gasteiger partial charge >= 0.3 is 5.84 Å². The third-order valence-corrected chi connectivity index (χ3v) is 4.63. The number of carbonyl (C=O) groups is 1. The quantitative estimate of drug-likeness (QED) is 0.383. The summed E-state index contributed by atoms with van der Waals surface area (Å²) in [5, 5.41) is 24.8. The van der Waals surface area contributed by atoms with Gasteiger partial charge in [-0.2, -0.15) is 15.1 Å². The van der Waals surface area contributed by atoms with Crippen molar-refractivity contribution in [3.05, 3.63) is 102 Å². The Bertz CT molecular complexity index is 1340. The van der Waals surface area contributed by atoms with Gasteiger partial charge < -0.3 is 10.6 Å². The van der Waals surface area contributed by atoms with Gasteiger partial charge in [-0.05, 0) is 40.9 Å². The van der Waals surface area contributed by atoms with Crippen LogP contribution in [-0.2, 0) is 4.79 Å². The molecule has 0 unspecified atom stereocenters. The Morgan fingerprint density at radius 1 is 1.00 bits per heavy atom. The molecule has 2 aromatic carbocycles. The summed E-state index contributed by atoms with van der Waals surface area (Å²) in [5.74, 6) is 0.0869. The van der Waals surface area contributed by atoms with Gasteiger partial charge in [-0.25, -0.2) is 0 Å². The van der Waals surface area contributed by atoms with E-state index >= 15 is 0 Å². The van der Waals surface area contributed by atoms with E-state index in [1.807, 2.05) is 66.7 Å². The molecule has 0 aliphatic carbocycles. The number of para-hydroxylation sites is 2. The number of aliphatic imine (C=N–C) groups is 1. The van der Waals surface area contributed by atoms with Crippen molar-refractivity contribution in [3.63, 3.8) is 0 Å². The molecule has 7 nitrogen and oxygen atoms in total. The average Bonchev–Trinajstić information content (AvgIpc) is 2.84. The number of hydrogen-bond acceptors (Lipinski definition) is 5. The zero-order chi connectivity index (χ0) is 22.3. The lowest BCUT2D eigenvalue weighted by Gasteiger charge is -2.15. The lowest BCUT2D eigenvalue weighted by atomic mass is 10.1. The van der Waals surface area contributed by atoms with Gasteiger partial charge in [-0.3, -0.25) is 4.79 Å². The summed E-state index contributed by atoms with van der Waals surface area (Å²) in [7, 11) is 0. The maximum Gasteiger partial charge on any atom is 0.354 e. The van der Waals surface area contributed by atoms with Crippen LogP contribution in [0.2, 0.25) is 0 Å². The molecule has 152 valence electrons. The SMILES string of the molecule is N#CC(C#N)=C1Nc2ccccc2N=C1[n+]1cccc(NC(=O)/C=C/c2ccccc2)c1. The number of rotatable bonds is 3. The Balaban J connectivity index is 1.65. The van der Waals surface area contributed by atoms with Crippen molar-refractivity contribution >= 4 is 34.9 Å². The number of nitriles is 2. The summed E-state index contributed by atoms with van der Waals surface area (Å²) in [4.78, 5) is 17.0. The van der Waals surface area contributed by atoms with Crippen molar-refractivity contribution < 1.29 is 9.36 Å². The Hall–Kier alpha value is -5.01. The zero-order valence-electron chi connectivity index (χ0n) is 16.9. The number of benzene rings is 2. The Morgan fingerprint density at radius 2 is 1.75 bits per heavy atom. The van der Waals surface area contributed by atoms with E-state index in [1.54, 1.807) is 35.2 Å². The monoisotopic (exact) mass is 417 g/mol. The Morgan fingerprint density at radius 3 is 2.53 bits per heavy atom. The number of nitrogens with one attached hydrogen (secondary N) is 2. The molecule has 0 saturated heterocycles. The fourth-order valence-electron chi connectivity index (χ4n) is 3.14. The standard InChI is InChI=1S/C25H16N6O/c26-15-19(16-27)24-25(30-22-11-5-4-10-21(22)29-24)31-14-6-9-20(17-31)28-23(32)13-12-18-7-2-1-3-8-18/h1-14,17,29H/p+1/b13-12+. The highest BCUT2D eigenvalue weighted by Gasteiger charge is 2.30. The van der Waals surface area contributed by atoms with Gasteiger partial charge in [0.2, 0.25) is 5.91 Å². The Labute approximate surface area is 184 Å². The first-order valence-electron chi connectivity index (χ1n) is 9.73. The number of anilines is 2. The molecule has 0 fully saturated rings. The fraction of sp³-hybridized carbons (Fsp3) is 0. The number of allylic oxidation sites excluding steroid dienone is 2. The summed E-state index contributed by atoms with van der Waals surface area (Å²) in [6.45, 7) is 0. The lowest BCUT2D eigenvalue weighted by Crippen LogP contribution is -2.46. The molecular weight excluding hydrogens is 400 g/mol. The normalized spacial score (nSPS) is 12.1. The predicted octanol–water partition coefficient (Wildman–Crippen LogP) is 3.93. The van der Waals surface area contributed by atoms with Crippen LogP contribution in [0.25, 0.3) is 6.08 Å². The second-order valence-corrected chi connectivity index (χ2v) is 6.78. The molecule has 1 aliphatic heterocycles. The fourth-order valence-corrected chi connectivity index (χ4v) is 3.14. The summed E-state index contributed by atoms with van der Waals surface area (Å²) >= 11 is 0. The molecule has 0 bridgehead atoms. The molecule has 3 aromatic rings. The van der Waals surface area contributed by atoms with Crippen LogP contribution in [0.4, 0.5) is 17.1 Å². The van der Waals surface area contributed by atoms with Gasteiger partial charge in [0.25, 0.3) is 0 Å². The van der Waals surface area contributed by atoms with Crippen molar-refractivity contribution in [2.45, 2.75) is 0 Å². The molecule has 2 heterocycles. The van der Waals surface area contributed by atoms with Gasteiger partial charge in [-0.15, -0.1) is 0 Å². The van der Waals surface area contributed by atoms with E-state index < -0.39 is 0 Å². The lowest BCUT2D eigenvalue weighted by molar-refractivity contribution is -0.553. The third kappa shape index (κ3) is 4.43. The van der Waals surface area contributed by atoms with Gasteiger partial charge in [0, 0.05) is 6.08 Å². The van der Waals surface area contributed by atoms with Crippen molar-refractivity contribution in [3.8, 4) is 12.1 Å². The first-order chi connectivity index (χ1) is 15.7. The van der Waals surface area contributed by atoms with Crippen LogP contribution >= 0.6 is 0 Å². The second-order valence-electron chi connectivity index (χ2n) is 6.78. The van der Waals surface area contributed by atoms with Crippen molar-refractivity contribution in [1.29, 1.82) is 10.5 Å². The topological polar surface area (TPSA) is 105 Å². The van der Waals surface area contributed by atoms with E-state index in [9.17, 15) is 15.3 Å². The summed E-state index contributed by atoms with van der Waals surface area (Å²) in [6, 6.07) is 24.2. The minimum atomic E-state index is -0.286. The zero-order valence-corrected chi connectivity index (χ0v) is 16.9. The molecule has 4 rings (SSSR count). The first-order valence-corrected chi connectivity index (χ1v) is 9.73. The van der Waals surface area contributed by atoms with Crippen LogP contribution in [0.3, 0.4) is 0 Å². The number of nitrogens with zero attached hydrogens (tertiary/aromatic N) is 4. The maximum atomic E-state index is 12.4. The van der Waals surface area contributed by atoms with Crippen LogP contribution in [0.15, 0.2) is 101 Å². The molecule has 0 spiro atoms. The van der Waals surface area contributed by atoms with Gasteiger partial charge in [-0.1, -0.05) is 42.5 Å². The first kappa shape index (κ1) is 20.3. The number of amides is 1. The molecule has 0 saturated carbocycles. The number of aromatic nitrogens is 1. The summed E-state index contributed by atoms with van der Waals surface area (Å²) in [5.41, 5.74) is 3.03. The molecule has 32 heavy (non-hydrogen) atoms. The largest absolute Gasteiger partial charge is 0.354 e. The van der Waals surface area contributed by atoms with E-state index in [2.05, 4.69) is 15.6 Å². The van der Waals surface area contributed by atoms with Crippen LogP contribution in [0.5, 0.6) is 0 Å². The van der Waals surface area contributed by atoms with Gasteiger partial charge in [0.05, 0.1) is 17.6 Å². The van der Waals surface area contributed by atoms with Crippen molar-refractivity contribution in [2.75, 3.05) is 10.6 Å². The summed E-state index contributed by atoms with van der Waals surface area (Å²) in [6.07, 6.45) is 6.59. The molecule has 0 atom stereocenters. The average molecular weight is 417 g/mol. The highest BCUT2D eigenvalue weighted by molar-refractivity contribution is 6.03. The van der Waals surface area contributed by atoms with Crippen molar-refractivity contribution in [1.82, 2.24) is 0 Å². The Kier molecular flexibility index (Phi) is 5.83. The van der Waals surface area contributed by atoms with E-state index in [0.29, 0.717) is 28.6 Å². The highest BCUT2D eigenvalue weighted by Crippen LogP contribution is 2.30. The smallest absolute Gasteiger partial charge is 0.343 e. The molecule has 1 amide bonds. The van der Waals surface area contributed by atoms with Crippen molar-refractivity contribution in [2.24, 2.45) is 4.99 Å². The second kappa shape index (κ2) is 9.21. The molecule has 0 radical (unpaired) electrons. The number of fused-ring (bicyclic) bond motifs is 1. The summed E-state index contributed by atoms with van der Waals surface area (Å²) < 4.78 is 1.66. The molecule has 2 N–H and O–H groups in total. The predicted molar refractivity (Wildman–Crippen MR) is 122 cm³/mol. The van der Waals surface area contributed by atoms with Crippen LogP contribution in [0, 0.1) is 22.7 Å². The number of carbonyl (C=O) groups excluding carboxylic acids is 1. The van der Waals surface area contributed by atoms with E-state index in [0.717, 1.165) is 5.56 Å². The van der Waals surface area contributed by atoms with E-state index in [-0.39, 0.29) is 11.5 Å². The molecular formula is C25H17N6O+. The van der Waals surface area contributed by atoms with Gasteiger partial charge in [0.1, 0.15) is 18.3 Å². The minimum Gasteiger partial charge on any atom is -0.343 e.